The Morgan fingerprint density at radius 1 is 1.06 bits per heavy atom. The van der Waals surface area contributed by atoms with Crippen molar-refractivity contribution in [2.75, 3.05) is 37.7 Å². The van der Waals surface area contributed by atoms with Crippen molar-refractivity contribution in [3.8, 4) is 5.75 Å². The largest absolute Gasteiger partial charge is 0.506 e. The predicted molar refractivity (Wildman–Crippen MR) is 132 cm³/mol. The van der Waals surface area contributed by atoms with E-state index in [-0.39, 0.29) is 10.6 Å². The second-order valence-corrected chi connectivity index (χ2v) is 9.80. The maximum absolute atomic E-state index is 11.6. The molecule has 0 spiro atoms. The molecule has 0 aliphatic rings. The van der Waals surface area contributed by atoms with Gasteiger partial charge in [0, 0.05) is 31.0 Å². The van der Waals surface area contributed by atoms with Gasteiger partial charge in [-0.3, -0.25) is 4.79 Å². The van der Waals surface area contributed by atoms with Crippen molar-refractivity contribution >= 4 is 33.3 Å². The first kappa shape index (κ1) is 23.8. The first-order chi connectivity index (χ1) is 15.1. The molecule has 0 amide bonds. The minimum absolute atomic E-state index is 0.0256. The van der Waals surface area contributed by atoms with Crippen LogP contribution in [0.4, 0.5) is 0 Å². The summed E-state index contributed by atoms with van der Waals surface area (Å²) in [5.74, 6) is 2.63. The Bertz CT molecular complexity index is 991. The number of aromatic nitrogens is 1. The molecule has 8 heteroatoms. The van der Waals surface area contributed by atoms with E-state index >= 15 is 0 Å². The average molecular weight is 462 g/mol. The molecule has 168 valence electrons. The fourth-order valence-corrected chi connectivity index (χ4v) is 5.17. The summed E-state index contributed by atoms with van der Waals surface area (Å²) in [5.41, 5.74) is 2.43. The quantitative estimate of drug-likeness (QED) is 0.250. The third-order valence-electron chi connectivity index (χ3n) is 5.17. The van der Waals surface area contributed by atoms with Gasteiger partial charge in [-0.2, -0.15) is 11.8 Å². The minimum atomic E-state index is -0.727. The van der Waals surface area contributed by atoms with Gasteiger partial charge in [-0.25, -0.2) is 0 Å². The molecule has 2 atom stereocenters. The summed E-state index contributed by atoms with van der Waals surface area (Å²) in [7, 11) is 0. The topological polar surface area (TPSA) is 97.4 Å². The second kappa shape index (κ2) is 12.3. The molecule has 31 heavy (non-hydrogen) atoms. The number of aliphatic hydroxyl groups is 1. The lowest BCUT2D eigenvalue weighted by atomic mass is 10.0. The van der Waals surface area contributed by atoms with Crippen LogP contribution in [0.25, 0.3) is 10.2 Å². The first-order valence-electron chi connectivity index (χ1n) is 10.6. The SMILES string of the molecule is C[C@H](CNCCCSCCNC[C@H](O)c1ccc(O)c2[nH]c(=O)sc12)c1ccccc1. The number of nitrogens with one attached hydrogen (secondary N) is 3. The van der Waals surface area contributed by atoms with Gasteiger partial charge in [0.2, 0.25) is 0 Å². The number of phenols is 1. The maximum atomic E-state index is 11.6. The van der Waals surface area contributed by atoms with Crippen molar-refractivity contribution in [3.05, 3.63) is 63.3 Å². The van der Waals surface area contributed by atoms with E-state index in [2.05, 4.69) is 46.8 Å². The Hall–Kier alpha value is -1.84. The fourth-order valence-electron chi connectivity index (χ4n) is 3.41. The number of aromatic amines is 1. The standard InChI is InChI=1S/C23H31N3O3S2/c1-16(17-6-3-2-4-7-17)14-24-10-5-12-30-13-11-25-15-20(28)18-8-9-19(27)21-22(18)31-23(29)26-21/h2-4,6-9,16,20,24-25,27-28H,5,10-15H2,1H3,(H,26,29)/t16-,20+/m1/s1. The Labute approximate surface area is 191 Å². The molecule has 5 N–H and O–H groups in total. The van der Waals surface area contributed by atoms with Crippen molar-refractivity contribution in [2.45, 2.75) is 25.4 Å². The van der Waals surface area contributed by atoms with Gasteiger partial charge >= 0.3 is 4.87 Å². The molecule has 6 nitrogen and oxygen atoms in total. The van der Waals surface area contributed by atoms with E-state index in [9.17, 15) is 15.0 Å². The number of thiazole rings is 1. The van der Waals surface area contributed by atoms with Gasteiger partial charge in [0.15, 0.2) is 0 Å². The second-order valence-electron chi connectivity index (χ2n) is 7.59. The summed E-state index contributed by atoms with van der Waals surface area (Å²) in [5, 5.41) is 27.1. The van der Waals surface area contributed by atoms with E-state index in [1.165, 1.54) is 11.6 Å². The third-order valence-corrected chi connectivity index (χ3v) is 7.17. The van der Waals surface area contributed by atoms with Crippen LogP contribution >= 0.6 is 23.1 Å². The molecule has 0 aliphatic heterocycles. The number of rotatable bonds is 13. The number of aromatic hydroxyl groups is 1. The number of benzene rings is 2. The molecule has 0 saturated heterocycles. The Morgan fingerprint density at radius 2 is 1.84 bits per heavy atom. The summed E-state index contributed by atoms with van der Waals surface area (Å²) in [6.45, 7) is 5.48. The van der Waals surface area contributed by atoms with Gasteiger partial charge in [-0.1, -0.05) is 54.7 Å². The van der Waals surface area contributed by atoms with Gasteiger partial charge in [0.1, 0.15) is 11.3 Å². The van der Waals surface area contributed by atoms with E-state index in [0.717, 1.165) is 48.9 Å². The van der Waals surface area contributed by atoms with Gasteiger partial charge in [-0.15, -0.1) is 0 Å². The van der Waals surface area contributed by atoms with Gasteiger partial charge in [-0.05, 0) is 36.3 Å². The summed E-state index contributed by atoms with van der Waals surface area (Å²) < 4.78 is 0.614. The fraction of sp³-hybridized carbons (Fsp3) is 0.435. The summed E-state index contributed by atoms with van der Waals surface area (Å²) >= 11 is 2.91. The molecule has 2 aromatic carbocycles. The number of fused-ring (bicyclic) bond motifs is 1. The lowest BCUT2D eigenvalue weighted by molar-refractivity contribution is 0.177. The zero-order valence-corrected chi connectivity index (χ0v) is 19.4. The number of thioether (sulfide) groups is 1. The molecule has 3 aromatic rings. The molecule has 0 aliphatic carbocycles. The Morgan fingerprint density at radius 3 is 2.65 bits per heavy atom. The van der Waals surface area contributed by atoms with Gasteiger partial charge < -0.3 is 25.8 Å². The highest BCUT2D eigenvalue weighted by molar-refractivity contribution is 7.99. The lowest BCUT2D eigenvalue weighted by Crippen LogP contribution is -2.24. The Kier molecular flexibility index (Phi) is 9.42. The summed E-state index contributed by atoms with van der Waals surface area (Å²) in [6.07, 6.45) is 0.405. The van der Waals surface area contributed by atoms with Crippen molar-refractivity contribution < 1.29 is 10.2 Å². The normalized spacial score (nSPS) is 13.5. The number of H-pyrrole nitrogens is 1. The molecule has 1 heterocycles. The molecule has 3 rings (SSSR count). The highest BCUT2D eigenvalue weighted by Gasteiger charge is 2.15. The zero-order chi connectivity index (χ0) is 22.1. The molecule has 1 aromatic heterocycles. The Balaban J connectivity index is 1.25. The van der Waals surface area contributed by atoms with E-state index in [4.69, 9.17) is 0 Å². The zero-order valence-electron chi connectivity index (χ0n) is 17.8. The maximum Gasteiger partial charge on any atom is 0.305 e. The van der Waals surface area contributed by atoms with Crippen LogP contribution < -0.4 is 15.5 Å². The molecule has 0 unspecified atom stereocenters. The average Bonchev–Trinajstić information content (AvgIpc) is 3.17. The smallest absolute Gasteiger partial charge is 0.305 e. The van der Waals surface area contributed by atoms with E-state index in [1.807, 2.05) is 17.8 Å². The lowest BCUT2D eigenvalue weighted by Gasteiger charge is -2.14. The van der Waals surface area contributed by atoms with E-state index < -0.39 is 6.10 Å². The van der Waals surface area contributed by atoms with Crippen LogP contribution in [0.3, 0.4) is 0 Å². The highest BCUT2D eigenvalue weighted by atomic mass is 32.2. The molecular weight excluding hydrogens is 430 g/mol. The molecule has 0 saturated carbocycles. The van der Waals surface area contributed by atoms with Crippen LogP contribution in [0.1, 0.15) is 36.5 Å². The molecule has 0 fully saturated rings. The van der Waals surface area contributed by atoms with E-state index in [0.29, 0.717) is 28.2 Å². The number of hydrogen-bond acceptors (Lipinski definition) is 7. The summed E-state index contributed by atoms with van der Waals surface area (Å²) in [4.78, 5) is 14.0. The van der Waals surface area contributed by atoms with Crippen LogP contribution in [0.5, 0.6) is 5.75 Å². The van der Waals surface area contributed by atoms with Crippen LogP contribution in [0.15, 0.2) is 47.3 Å². The van der Waals surface area contributed by atoms with Gasteiger partial charge in [0.05, 0.1) is 10.8 Å². The van der Waals surface area contributed by atoms with Crippen LogP contribution in [0, 0.1) is 0 Å². The highest BCUT2D eigenvalue weighted by Crippen LogP contribution is 2.31. The number of aliphatic hydroxyl groups excluding tert-OH is 1. The van der Waals surface area contributed by atoms with Crippen LogP contribution in [-0.4, -0.2) is 52.9 Å². The van der Waals surface area contributed by atoms with Crippen LogP contribution in [-0.2, 0) is 0 Å². The van der Waals surface area contributed by atoms with E-state index in [1.54, 1.807) is 6.07 Å². The number of phenolic OH excluding ortho intramolecular Hbond substituents is 1. The summed E-state index contributed by atoms with van der Waals surface area (Å²) in [6, 6.07) is 13.8. The molecular formula is C23H31N3O3S2. The van der Waals surface area contributed by atoms with Crippen molar-refractivity contribution in [2.24, 2.45) is 0 Å². The van der Waals surface area contributed by atoms with Crippen LogP contribution in [0.2, 0.25) is 0 Å². The van der Waals surface area contributed by atoms with Gasteiger partial charge in [0.25, 0.3) is 0 Å². The van der Waals surface area contributed by atoms with Crippen molar-refractivity contribution in [1.29, 1.82) is 0 Å². The third kappa shape index (κ3) is 7.08. The first-order valence-corrected chi connectivity index (χ1v) is 12.6. The molecule has 0 radical (unpaired) electrons. The molecule has 0 bridgehead atoms. The minimum Gasteiger partial charge on any atom is -0.506 e. The van der Waals surface area contributed by atoms with Crippen molar-refractivity contribution in [3.63, 3.8) is 0 Å². The van der Waals surface area contributed by atoms with Crippen molar-refractivity contribution in [1.82, 2.24) is 15.6 Å². The number of hydrogen-bond donors (Lipinski definition) is 5. The predicted octanol–water partition coefficient (Wildman–Crippen LogP) is 3.43. The monoisotopic (exact) mass is 461 g/mol.